The molecule has 70 valence electrons. The van der Waals surface area contributed by atoms with Gasteiger partial charge in [-0.25, -0.2) is 0 Å². The lowest BCUT2D eigenvalue weighted by Crippen LogP contribution is -2.49. The molecule has 0 aliphatic heterocycles. The molecule has 1 heterocycles. The quantitative estimate of drug-likeness (QED) is 0.445. The standard InChI is InChI=1S/C6H11BN4O2/c7-11-2-5(9-10-11)1-6(8,3-12)4-13/h2,12-13H,1,3-4,8H2. The highest BCUT2D eigenvalue weighted by molar-refractivity contribution is 6.05. The van der Waals surface area contributed by atoms with Crippen molar-refractivity contribution in [3.05, 3.63) is 11.9 Å². The molecule has 1 aromatic rings. The first-order chi connectivity index (χ1) is 6.09. The fourth-order valence-corrected chi connectivity index (χ4v) is 0.917. The van der Waals surface area contributed by atoms with Gasteiger partial charge in [-0.1, -0.05) is 5.21 Å². The van der Waals surface area contributed by atoms with E-state index in [0.29, 0.717) is 5.69 Å². The molecular formula is C6H11BN4O2. The van der Waals surface area contributed by atoms with Crippen molar-refractivity contribution in [2.75, 3.05) is 13.2 Å². The van der Waals surface area contributed by atoms with Crippen LogP contribution in [-0.2, 0) is 6.42 Å². The van der Waals surface area contributed by atoms with Crippen LogP contribution in [0.2, 0.25) is 0 Å². The van der Waals surface area contributed by atoms with Gasteiger partial charge in [0.25, 0.3) is 7.98 Å². The van der Waals surface area contributed by atoms with E-state index in [1.807, 2.05) is 0 Å². The van der Waals surface area contributed by atoms with Gasteiger partial charge in [0.05, 0.1) is 24.4 Å². The summed E-state index contributed by atoms with van der Waals surface area (Å²) in [5, 5.41) is 24.9. The topological polar surface area (TPSA) is 97.2 Å². The maximum Gasteiger partial charge on any atom is 0.266 e. The Morgan fingerprint density at radius 2 is 2.15 bits per heavy atom. The third kappa shape index (κ3) is 2.51. The zero-order valence-corrected chi connectivity index (χ0v) is 7.09. The van der Waals surface area contributed by atoms with Crippen LogP contribution in [0.3, 0.4) is 0 Å². The lowest BCUT2D eigenvalue weighted by Gasteiger charge is -2.22. The minimum atomic E-state index is -1.06. The van der Waals surface area contributed by atoms with Crippen LogP contribution in [0, 0.1) is 0 Å². The van der Waals surface area contributed by atoms with E-state index in [9.17, 15) is 0 Å². The first-order valence-electron chi connectivity index (χ1n) is 3.76. The maximum absolute atomic E-state index is 8.88. The van der Waals surface area contributed by atoms with Gasteiger partial charge in [-0.3, -0.25) is 0 Å². The largest absolute Gasteiger partial charge is 0.394 e. The van der Waals surface area contributed by atoms with Gasteiger partial charge in [-0.15, -0.1) is 5.10 Å². The second kappa shape index (κ2) is 3.86. The number of aromatic nitrogens is 3. The minimum absolute atomic E-state index is 0.233. The van der Waals surface area contributed by atoms with Crippen molar-refractivity contribution in [1.82, 2.24) is 14.9 Å². The van der Waals surface area contributed by atoms with Gasteiger partial charge in [0.2, 0.25) is 0 Å². The number of aliphatic hydroxyl groups excluding tert-OH is 2. The summed E-state index contributed by atoms with van der Waals surface area (Å²) in [6.07, 6.45) is 1.71. The zero-order valence-electron chi connectivity index (χ0n) is 7.09. The van der Waals surface area contributed by atoms with Crippen LogP contribution in [0.15, 0.2) is 6.20 Å². The number of aliphatic hydroxyl groups is 2. The number of hydrogen-bond acceptors (Lipinski definition) is 5. The smallest absolute Gasteiger partial charge is 0.266 e. The number of nitrogens with zero attached hydrogens (tertiary/aromatic N) is 3. The van der Waals surface area contributed by atoms with Crippen molar-refractivity contribution in [2.45, 2.75) is 12.0 Å². The second-order valence-corrected chi connectivity index (χ2v) is 3.05. The summed E-state index contributed by atoms with van der Waals surface area (Å²) in [6, 6.07) is 0. The van der Waals surface area contributed by atoms with Gasteiger partial charge in [-0.05, 0) is 0 Å². The predicted octanol–water partition coefficient (Wildman–Crippen LogP) is -2.57. The number of nitrogens with two attached hydrogens (primary N) is 1. The summed E-state index contributed by atoms with van der Waals surface area (Å²) in [5.74, 6) is 0. The zero-order chi connectivity index (χ0) is 9.90. The van der Waals surface area contributed by atoms with Gasteiger partial charge < -0.3 is 20.5 Å². The first-order valence-corrected chi connectivity index (χ1v) is 3.76. The van der Waals surface area contributed by atoms with Crippen LogP contribution in [0.4, 0.5) is 0 Å². The van der Waals surface area contributed by atoms with E-state index in [0.717, 1.165) is 4.59 Å². The van der Waals surface area contributed by atoms with Crippen molar-refractivity contribution < 1.29 is 10.2 Å². The molecule has 0 bridgehead atoms. The summed E-state index contributed by atoms with van der Waals surface area (Å²) in [6.45, 7) is -0.637. The molecule has 0 aliphatic carbocycles. The van der Waals surface area contributed by atoms with Crippen LogP contribution >= 0.6 is 0 Å². The van der Waals surface area contributed by atoms with Crippen LogP contribution in [-0.4, -0.2) is 51.9 Å². The average molecular weight is 182 g/mol. The Morgan fingerprint density at radius 3 is 2.54 bits per heavy atom. The predicted molar refractivity (Wildman–Crippen MR) is 46.0 cm³/mol. The maximum atomic E-state index is 8.88. The van der Waals surface area contributed by atoms with Gasteiger partial charge in [0.15, 0.2) is 0 Å². The van der Waals surface area contributed by atoms with Crippen molar-refractivity contribution >= 4 is 7.98 Å². The van der Waals surface area contributed by atoms with Gasteiger partial charge >= 0.3 is 0 Å². The fourth-order valence-electron chi connectivity index (χ4n) is 0.917. The Kier molecular flexibility index (Phi) is 3.02. The van der Waals surface area contributed by atoms with Crippen LogP contribution < -0.4 is 5.73 Å². The van der Waals surface area contributed by atoms with E-state index < -0.39 is 5.54 Å². The third-order valence-electron chi connectivity index (χ3n) is 1.72. The molecule has 0 atom stereocenters. The molecule has 2 radical (unpaired) electrons. The Balaban J connectivity index is 2.67. The molecule has 4 N–H and O–H groups in total. The van der Waals surface area contributed by atoms with Gasteiger partial charge in [0.1, 0.15) is 0 Å². The Bertz CT molecular complexity index is 273. The molecule has 0 amide bonds. The van der Waals surface area contributed by atoms with Gasteiger partial charge in [-0.2, -0.15) is 0 Å². The van der Waals surface area contributed by atoms with E-state index >= 15 is 0 Å². The Hall–Kier alpha value is -0.915. The monoisotopic (exact) mass is 182 g/mol. The molecule has 1 rings (SSSR count). The van der Waals surface area contributed by atoms with Crippen molar-refractivity contribution in [3.8, 4) is 0 Å². The van der Waals surface area contributed by atoms with Gasteiger partial charge in [0, 0.05) is 12.6 Å². The summed E-state index contributed by atoms with van der Waals surface area (Å²) in [5.41, 5.74) is 5.10. The van der Waals surface area contributed by atoms with E-state index in [1.165, 1.54) is 6.20 Å². The van der Waals surface area contributed by atoms with Crippen LogP contribution in [0.25, 0.3) is 0 Å². The van der Waals surface area contributed by atoms with E-state index in [-0.39, 0.29) is 19.6 Å². The molecule has 0 fully saturated rings. The molecule has 0 aliphatic rings. The molecule has 1 aromatic heterocycles. The van der Waals surface area contributed by atoms with E-state index in [2.05, 4.69) is 10.3 Å². The molecule has 0 saturated carbocycles. The normalized spacial score (nSPS) is 11.9. The summed E-state index contributed by atoms with van der Waals surface area (Å²) in [4.78, 5) is 0. The minimum Gasteiger partial charge on any atom is -0.394 e. The SMILES string of the molecule is [B]n1cc(CC(N)(CO)CO)nn1. The van der Waals surface area contributed by atoms with Crippen LogP contribution in [0.5, 0.6) is 0 Å². The second-order valence-electron chi connectivity index (χ2n) is 3.05. The molecule has 0 spiro atoms. The first kappa shape index (κ1) is 10.2. The number of rotatable bonds is 4. The van der Waals surface area contributed by atoms with Crippen molar-refractivity contribution in [1.29, 1.82) is 0 Å². The molecular weight excluding hydrogens is 171 g/mol. The fraction of sp³-hybridized carbons (Fsp3) is 0.667. The molecule has 13 heavy (non-hydrogen) atoms. The molecule has 6 nitrogen and oxygen atoms in total. The average Bonchev–Trinajstić information content (AvgIpc) is 2.51. The lowest BCUT2D eigenvalue weighted by atomic mass is 9.97. The summed E-state index contributed by atoms with van der Waals surface area (Å²) >= 11 is 0. The highest BCUT2D eigenvalue weighted by Crippen LogP contribution is 2.06. The van der Waals surface area contributed by atoms with Crippen molar-refractivity contribution in [3.63, 3.8) is 0 Å². The number of hydrogen-bond donors (Lipinski definition) is 3. The molecule has 0 saturated heterocycles. The molecule has 7 heteroatoms. The lowest BCUT2D eigenvalue weighted by molar-refractivity contribution is 0.120. The summed E-state index contributed by atoms with van der Waals surface area (Å²) < 4.78 is 1.05. The van der Waals surface area contributed by atoms with E-state index in [4.69, 9.17) is 23.9 Å². The van der Waals surface area contributed by atoms with Crippen LogP contribution in [0.1, 0.15) is 5.69 Å². The Morgan fingerprint density at radius 1 is 1.54 bits per heavy atom. The summed E-state index contributed by atoms with van der Waals surface area (Å²) in [7, 11) is 5.26. The highest BCUT2D eigenvalue weighted by atomic mass is 16.3. The van der Waals surface area contributed by atoms with Crippen molar-refractivity contribution in [2.24, 2.45) is 5.73 Å². The van der Waals surface area contributed by atoms with E-state index in [1.54, 1.807) is 0 Å². The molecule has 0 unspecified atom stereocenters. The highest BCUT2D eigenvalue weighted by Gasteiger charge is 2.24. The molecule has 0 aromatic carbocycles. The Labute approximate surface area is 76.8 Å². The third-order valence-corrected chi connectivity index (χ3v) is 1.72.